The van der Waals surface area contributed by atoms with Gasteiger partial charge in [0.25, 0.3) is 5.91 Å². The lowest BCUT2D eigenvalue weighted by atomic mass is 10.0. The average Bonchev–Trinajstić information content (AvgIpc) is 3.28. The quantitative estimate of drug-likeness (QED) is 0.526. The van der Waals surface area contributed by atoms with Crippen molar-refractivity contribution in [2.45, 2.75) is 18.9 Å². The van der Waals surface area contributed by atoms with E-state index in [1.54, 1.807) is 23.8 Å². The van der Waals surface area contributed by atoms with Gasteiger partial charge in [0.15, 0.2) is 11.5 Å². The van der Waals surface area contributed by atoms with E-state index in [-0.39, 0.29) is 11.9 Å². The van der Waals surface area contributed by atoms with Gasteiger partial charge in [-0.05, 0) is 37.1 Å². The Morgan fingerprint density at radius 1 is 0.969 bits per heavy atom. The topological polar surface area (TPSA) is 84.6 Å². The minimum Gasteiger partial charge on any atom is -0.496 e. The summed E-state index contributed by atoms with van der Waals surface area (Å²) in [5.41, 5.74) is 2.25. The Bertz CT molecular complexity index is 1230. The fourth-order valence-corrected chi connectivity index (χ4v) is 4.06. The van der Waals surface area contributed by atoms with E-state index in [1.165, 1.54) is 0 Å². The lowest BCUT2D eigenvalue weighted by Gasteiger charge is -2.33. The highest BCUT2D eigenvalue weighted by atomic mass is 16.5. The molecule has 2 aromatic carbocycles. The number of aromatic nitrogens is 4. The number of piperidine rings is 1. The van der Waals surface area contributed by atoms with Gasteiger partial charge in [-0.25, -0.2) is 0 Å². The van der Waals surface area contributed by atoms with Crippen LogP contribution in [0.2, 0.25) is 0 Å². The molecule has 4 aromatic rings. The molecule has 1 aliphatic rings. The van der Waals surface area contributed by atoms with Gasteiger partial charge in [-0.3, -0.25) is 4.79 Å². The van der Waals surface area contributed by atoms with Gasteiger partial charge in [0.2, 0.25) is 0 Å². The summed E-state index contributed by atoms with van der Waals surface area (Å²) < 4.78 is 7.10. The van der Waals surface area contributed by atoms with Crippen molar-refractivity contribution < 1.29 is 9.53 Å². The monoisotopic (exact) mass is 428 g/mol. The molecule has 1 saturated heterocycles. The standard InChI is InChI=1S/C24H24N6O2/c1-32-20-10-6-5-9-19(20)24(31)25-18-13-15-29(16-14-18)22-12-11-21-26-27-23(30(21)28-22)17-7-3-2-4-8-17/h2-12,18H,13-16H2,1H3,(H,25,31). The third kappa shape index (κ3) is 3.87. The predicted molar refractivity (Wildman–Crippen MR) is 122 cm³/mol. The van der Waals surface area contributed by atoms with Crippen LogP contribution >= 0.6 is 0 Å². The van der Waals surface area contributed by atoms with Crippen LogP contribution in [-0.2, 0) is 0 Å². The molecule has 0 radical (unpaired) electrons. The molecule has 0 bridgehead atoms. The maximum absolute atomic E-state index is 12.7. The van der Waals surface area contributed by atoms with Crippen molar-refractivity contribution in [1.82, 2.24) is 25.1 Å². The van der Waals surface area contributed by atoms with Gasteiger partial charge in [-0.2, -0.15) is 4.52 Å². The lowest BCUT2D eigenvalue weighted by molar-refractivity contribution is 0.0928. The molecule has 0 saturated carbocycles. The minimum atomic E-state index is -0.0996. The van der Waals surface area contributed by atoms with Crippen molar-refractivity contribution in [2.75, 3.05) is 25.1 Å². The number of carbonyl (C=O) groups excluding carboxylic acids is 1. The molecule has 162 valence electrons. The zero-order valence-corrected chi connectivity index (χ0v) is 17.8. The third-order valence-electron chi connectivity index (χ3n) is 5.79. The second kappa shape index (κ2) is 8.66. The average molecular weight is 428 g/mol. The number of hydrogen-bond donors (Lipinski definition) is 1. The number of methoxy groups -OCH3 is 1. The fraction of sp³-hybridized carbons (Fsp3) is 0.250. The van der Waals surface area contributed by atoms with Gasteiger partial charge in [0.05, 0.1) is 12.7 Å². The van der Waals surface area contributed by atoms with Gasteiger partial charge in [-0.1, -0.05) is 42.5 Å². The fourth-order valence-electron chi connectivity index (χ4n) is 4.06. The summed E-state index contributed by atoms with van der Waals surface area (Å²) in [6, 6.07) is 21.2. The van der Waals surface area contributed by atoms with Crippen LogP contribution in [0.1, 0.15) is 23.2 Å². The first kappa shape index (κ1) is 20.0. The molecule has 0 unspecified atom stereocenters. The van der Waals surface area contributed by atoms with Gasteiger partial charge >= 0.3 is 0 Å². The molecule has 0 atom stereocenters. The number of rotatable bonds is 5. The summed E-state index contributed by atoms with van der Waals surface area (Å²) in [5, 5.41) is 16.5. The normalized spacial score (nSPS) is 14.5. The van der Waals surface area contributed by atoms with E-state index in [1.807, 2.05) is 54.6 Å². The molecular formula is C24H24N6O2. The molecule has 3 heterocycles. The summed E-state index contributed by atoms with van der Waals surface area (Å²) in [6.07, 6.45) is 1.68. The Balaban J connectivity index is 1.28. The molecule has 0 aliphatic carbocycles. The number of carbonyl (C=O) groups is 1. The van der Waals surface area contributed by atoms with Crippen LogP contribution in [0.3, 0.4) is 0 Å². The molecule has 2 aromatic heterocycles. The van der Waals surface area contributed by atoms with Gasteiger partial charge < -0.3 is 15.0 Å². The SMILES string of the molecule is COc1ccccc1C(=O)NC1CCN(c2ccc3nnc(-c4ccccc4)n3n2)CC1. The smallest absolute Gasteiger partial charge is 0.255 e. The van der Waals surface area contributed by atoms with Gasteiger partial charge in [-0.15, -0.1) is 15.3 Å². The zero-order chi connectivity index (χ0) is 21.9. The molecule has 8 heteroatoms. The van der Waals surface area contributed by atoms with E-state index in [9.17, 15) is 4.79 Å². The van der Waals surface area contributed by atoms with Crippen LogP contribution in [0.4, 0.5) is 5.82 Å². The highest BCUT2D eigenvalue weighted by Crippen LogP contribution is 2.23. The molecule has 8 nitrogen and oxygen atoms in total. The van der Waals surface area contributed by atoms with Crippen LogP contribution in [0.15, 0.2) is 66.7 Å². The largest absolute Gasteiger partial charge is 0.496 e. The number of nitrogens with zero attached hydrogens (tertiary/aromatic N) is 5. The number of ether oxygens (including phenoxy) is 1. The van der Waals surface area contributed by atoms with E-state index >= 15 is 0 Å². The first-order chi connectivity index (χ1) is 15.7. The number of anilines is 1. The van der Waals surface area contributed by atoms with Crippen molar-refractivity contribution in [1.29, 1.82) is 0 Å². The van der Waals surface area contributed by atoms with Crippen molar-refractivity contribution in [3.8, 4) is 17.1 Å². The van der Waals surface area contributed by atoms with Crippen molar-refractivity contribution in [3.63, 3.8) is 0 Å². The maximum Gasteiger partial charge on any atom is 0.255 e. The van der Waals surface area contributed by atoms with E-state index in [0.29, 0.717) is 17.0 Å². The van der Waals surface area contributed by atoms with Crippen molar-refractivity contribution in [3.05, 3.63) is 72.3 Å². The predicted octanol–water partition coefficient (Wildman–Crippen LogP) is 3.20. The van der Waals surface area contributed by atoms with Crippen LogP contribution < -0.4 is 15.0 Å². The summed E-state index contributed by atoms with van der Waals surface area (Å²) in [7, 11) is 1.58. The Kier molecular flexibility index (Phi) is 5.41. The van der Waals surface area contributed by atoms with E-state index in [2.05, 4.69) is 20.4 Å². The van der Waals surface area contributed by atoms with Gasteiger partial charge in [0.1, 0.15) is 11.6 Å². The van der Waals surface area contributed by atoms with E-state index in [0.717, 1.165) is 43.1 Å². The Morgan fingerprint density at radius 2 is 1.72 bits per heavy atom. The molecule has 1 N–H and O–H groups in total. The van der Waals surface area contributed by atoms with Crippen LogP contribution in [-0.4, -0.2) is 52.0 Å². The second-order valence-electron chi connectivity index (χ2n) is 7.79. The van der Waals surface area contributed by atoms with E-state index in [4.69, 9.17) is 9.84 Å². The van der Waals surface area contributed by atoms with Crippen molar-refractivity contribution in [2.24, 2.45) is 0 Å². The summed E-state index contributed by atoms with van der Waals surface area (Å²) in [4.78, 5) is 14.9. The Morgan fingerprint density at radius 3 is 2.50 bits per heavy atom. The highest BCUT2D eigenvalue weighted by molar-refractivity contribution is 5.97. The maximum atomic E-state index is 12.7. The molecule has 1 fully saturated rings. The van der Waals surface area contributed by atoms with E-state index < -0.39 is 0 Å². The minimum absolute atomic E-state index is 0.0996. The second-order valence-corrected chi connectivity index (χ2v) is 7.79. The first-order valence-electron chi connectivity index (χ1n) is 10.7. The zero-order valence-electron chi connectivity index (χ0n) is 17.8. The molecule has 5 rings (SSSR count). The molecule has 32 heavy (non-hydrogen) atoms. The molecule has 0 spiro atoms. The number of benzene rings is 2. The molecule has 1 amide bonds. The number of amides is 1. The summed E-state index contributed by atoms with van der Waals surface area (Å²) in [6.45, 7) is 1.61. The van der Waals surface area contributed by atoms with Gasteiger partial charge in [0, 0.05) is 24.7 Å². The number of para-hydroxylation sites is 1. The molecular weight excluding hydrogens is 404 g/mol. The number of fused-ring (bicyclic) bond motifs is 1. The first-order valence-corrected chi connectivity index (χ1v) is 10.7. The van der Waals surface area contributed by atoms with Crippen LogP contribution in [0.5, 0.6) is 5.75 Å². The third-order valence-corrected chi connectivity index (χ3v) is 5.79. The number of hydrogen-bond acceptors (Lipinski definition) is 6. The Hall–Kier alpha value is -3.94. The molecule has 1 aliphatic heterocycles. The van der Waals surface area contributed by atoms with Crippen LogP contribution in [0.25, 0.3) is 17.0 Å². The summed E-state index contributed by atoms with van der Waals surface area (Å²) >= 11 is 0. The summed E-state index contributed by atoms with van der Waals surface area (Å²) in [5.74, 6) is 2.09. The Labute approximate surface area is 185 Å². The lowest BCUT2D eigenvalue weighted by Crippen LogP contribution is -2.45. The number of nitrogens with one attached hydrogen (secondary N) is 1. The van der Waals surface area contributed by atoms with Crippen molar-refractivity contribution >= 4 is 17.4 Å². The highest BCUT2D eigenvalue weighted by Gasteiger charge is 2.23. The van der Waals surface area contributed by atoms with Crippen LogP contribution in [0, 0.1) is 0 Å².